The normalized spacial score (nSPS) is 25.7. The number of benzene rings is 2. The molecule has 7 nitrogen and oxygen atoms in total. The van der Waals surface area contributed by atoms with Gasteiger partial charge in [-0.2, -0.15) is 5.26 Å². The largest absolute Gasteiger partial charge is 0.322 e. The first-order valence-corrected chi connectivity index (χ1v) is 14.9. The molecule has 10 heteroatoms. The zero-order valence-corrected chi connectivity index (χ0v) is 22.2. The van der Waals surface area contributed by atoms with Crippen LogP contribution in [0.3, 0.4) is 0 Å². The highest BCUT2D eigenvalue weighted by atomic mass is 32.2. The van der Waals surface area contributed by atoms with Gasteiger partial charge < -0.3 is 10.2 Å². The topological polar surface area (TPSA) is 93.5 Å². The van der Waals surface area contributed by atoms with Crippen molar-refractivity contribution in [3.05, 3.63) is 65.2 Å². The number of nitrogens with one attached hydrogen (secondary N) is 1. The third-order valence-corrected chi connectivity index (χ3v) is 9.95. The van der Waals surface area contributed by atoms with Crippen LogP contribution >= 0.6 is 0 Å². The van der Waals surface area contributed by atoms with Gasteiger partial charge in [0, 0.05) is 37.4 Å². The number of hydrogen-bond acceptors (Lipinski definition) is 4. The molecule has 1 saturated heterocycles. The summed E-state index contributed by atoms with van der Waals surface area (Å²) in [6.45, 7) is 1.32. The van der Waals surface area contributed by atoms with Crippen LogP contribution < -0.4 is 5.32 Å². The van der Waals surface area contributed by atoms with Crippen LogP contribution in [-0.2, 0) is 15.4 Å². The molecule has 2 aromatic carbocycles. The van der Waals surface area contributed by atoms with E-state index in [2.05, 4.69) is 17.5 Å². The Bertz CT molecular complexity index is 1370. The molecule has 2 aliphatic carbocycles. The lowest BCUT2D eigenvalue weighted by atomic mass is 9.79. The summed E-state index contributed by atoms with van der Waals surface area (Å²) < 4.78 is 52.5. The van der Waals surface area contributed by atoms with Gasteiger partial charge in [-0.15, -0.1) is 0 Å². The number of urea groups is 1. The third-order valence-electron chi connectivity index (χ3n) is 8.65. The Kier molecular flexibility index (Phi) is 7.18. The van der Waals surface area contributed by atoms with Gasteiger partial charge in [-0.05, 0) is 85.6 Å². The summed E-state index contributed by atoms with van der Waals surface area (Å²) in [7, 11) is -3.25. The van der Waals surface area contributed by atoms with Gasteiger partial charge in [0.05, 0.1) is 17.9 Å². The van der Waals surface area contributed by atoms with Crippen molar-refractivity contribution in [1.29, 1.82) is 5.26 Å². The molecule has 5 rings (SSSR count). The van der Waals surface area contributed by atoms with Crippen molar-refractivity contribution >= 4 is 21.7 Å². The number of hydrogen-bond donors (Lipinski definition) is 1. The first-order valence-electron chi connectivity index (χ1n) is 13.1. The van der Waals surface area contributed by atoms with Gasteiger partial charge in [0.2, 0.25) is 10.0 Å². The number of sulfonamides is 1. The van der Waals surface area contributed by atoms with Gasteiger partial charge in [0.15, 0.2) is 11.6 Å². The van der Waals surface area contributed by atoms with Crippen LogP contribution in [-0.4, -0.2) is 55.6 Å². The van der Waals surface area contributed by atoms with E-state index in [9.17, 15) is 27.3 Å². The summed E-state index contributed by atoms with van der Waals surface area (Å²) in [5.74, 6) is -1.46. The van der Waals surface area contributed by atoms with Crippen LogP contribution in [0.25, 0.3) is 0 Å². The SMILES string of the molecule is CS(=O)(=O)N1CCC(CN(C(=O)Nc2ccc(F)c(F)c2)[C@@H]2CC[C@]3(c4cccc(C#N)c4)CC3C2)CC1. The van der Waals surface area contributed by atoms with Gasteiger partial charge in [0.25, 0.3) is 0 Å². The zero-order chi connectivity index (χ0) is 27.1. The van der Waals surface area contributed by atoms with E-state index in [1.165, 1.54) is 22.2 Å². The zero-order valence-electron chi connectivity index (χ0n) is 21.4. The number of nitrogens with zero attached hydrogens (tertiary/aromatic N) is 3. The van der Waals surface area contributed by atoms with Crippen LogP contribution in [0.2, 0.25) is 0 Å². The van der Waals surface area contributed by atoms with Gasteiger partial charge in [0.1, 0.15) is 0 Å². The van der Waals surface area contributed by atoms with Crippen LogP contribution in [0.15, 0.2) is 42.5 Å². The van der Waals surface area contributed by atoms with E-state index in [0.717, 1.165) is 37.8 Å². The van der Waals surface area contributed by atoms with Crippen LogP contribution in [0.5, 0.6) is 0 Å². The summed E-state index contributed by atoms with van der Waals surface area (Å²) in [5, 5.41) is 12.1. The van der Waals surface area contributed by atoms with Crippen LogP contribution in [0, 0.1) is 34.8 Å². The smallest absolute Gasteiger partial charge is 0.321 e. The molecular weight excluding hydrogens is 510 g/mol. The van der Waals surface area contributed by atoms with E-state index in [1.54, 1.807) is 0 Å². The molecular formula is C28H32F2N4O3S. The number of anilines is 1. The standard InChI is InChI=1S/C28H32F2N4O3S/c1-38(36,37)33-11-8-19(9-12-33)18-34(27(35)32-23-5-6-25(29)26(30)15-23)24-7-10-28(16-22(28)14-24)21-4-2-3-20(13-21)17-31/h2-6,13,15,19,22,24H,7-12,14,16,18H2,1H3,(H,32,35)/t22?,24-,28-/m1/s1. The maximum absolute atomic E-state index is 13.8. The van der Waals surface area contributed by atoms with Crippen molar-refractivity contribution in [2.45, 2.75) is 50.0 Å². The maximum Gasteiger partial charge on any atom is 0.322 e. The van der Waals surface area contributed by atoms with E-state index in [-0.39, 0.29) is 29.1 Å². The average Bonchev–Trinajstić information content (AvgIpc) is 3.64. The van der Waals surface area contributed by atoms with E-state index in [0.29, 0.717) is 44.0 Å². The Labute approximate surface area is 222 Å². The number of fused-ring (bicyclic) bond motifs is 1. The minimum absolute atomic E-state index is 0.0204. The Hall–Kier alpha value is -3.03. The maximum atomic E-state index is 13.8. The average molecular weight is 543 g/mol. The monoisotopic (exact) mass is 542 g/mol. The Morgan fingerprint density at radius 3 is 2.58 bits per heavy atom. The predicted octanol–water partition coefficient (Wildman–Crippen LogP) is 4.85. The molecule has 2 amide bonds. The molecule has 2 aromatic rings. The fourth-order valence-corrected chi connectivity index (χ4v) is 7.29. The molecule has 1 aliphatic heterocycles. The molecule has 0 spiro atoms. The van der Waals surface area contributed by atoms with E-state index in [4.69, 9.17) is 0 Å². The molecule has 1 heterocycles. The highest BCUT2D eigenvalue weighted by Crippen LogP contribution is 2.63. The Morgan fingerprint density at radius 1 is 1.16 bits per heavy atom. The Balaban J connectivity index is 1.31. The summed E-state index contributed by atoms with van der Waals surface area (Å²) in [4.78, 5) is 15.3. The van der Waals surface area contributed by atoms with Crippen molar-refractivity contribution in [2.24, 2.45) is 11.8 Å². The van der Waals surface area contributed by atoms with Crippen molar-refractivity contribution in [2.75, 3.05) is 31.2 Å². The number of amides is 2. The molecule has 2 saturated carbocycles. The predicted molar refractivity (Wildman–Crippen MR) is 140 cm³/mol. The molecule has 3 atom stereocenters. The van der Waals surface area contributed by atoms with E-state index >= 15 is 0 Å². The number of rotatable bonds is 6. The lowest BCUT2D eigenvalue weighted by Gasteiger charge is -2.40. The third kappa shape index (κ3) is 5.40. The number of carbonyl (C=O) groups excluding carboxylic acids is 1. The fourth-order valence-electron chi connectivity index (χ4n) is 6.41. The first kappa shape index (κ1) is 26.6. The molecule has 202 valence electrons. The van der Waals surface area contributed by atoms with Crippen molar-refractivity contribution in [3.63, 3.8) is 0 Å². The lowest BCUT2D eigenvalue weighted by molar-refractivity contribution is 0.132. The summed E-state index contributed by atoms with van der Waals surface area (Å²) in [5.41, 5.74) is 2.08. The summed E-state index contributed by atoms with van der Waals surface area (Å²) >= 11 is 0. The minimum atomic E-state index is -3.25. The number of carbonyl (C=O) groups is 1. The second kappa shape index (κ2) is 10.3. The van der Waals surface area contributed by atoms with E-state index in [1.807, 2.05) is 23.1 Å². The minimum Gasteiger partial charge on any atom is -0.321 e. The van der Waals surface area contributed by atoms with E-state index < -0.39 is 21.7 Å². The van der Waals surface area contributed by atoms with Crippen molar-refractivity contribution in [1.82, 2.24) is 9.21 Å². The van der Waals surface area contributed by atoms with Gasteiger partial charge in [-0.3, -0.25) is 0 Å². The summed E-state index contributed by atoms with van der Waals surface area (Å²) in [6.07, 6.45) is 6.06. The Morgan fingerprint density at radius 2 is 1.92 bits per heavy atom. The second-order valence-corrected chi connectivity index (χ2v) is 13.0. The fraction of sp³-hybridized carbons (Fsp3) is 0.500. The number of piperidine rings is 1. The molecule has 0 bridgehead atoms. The highest BCUT2D eigenvalue weighted by molar-refractivity contribution is 7.88. The van der Waals surface area contributed by atoms with Crippen molar-refractivity contribution in [3.8, 4) is 6.07 Å². The number of nitriles is 1. The highest BCUT2D eigenvalue weighted by Gasteiger charge is 2.58. The second-order valence-electron chi connectivity index (χ2n) is 11.0. The summed E-state index contributed by atoms with van der Waals surface area (Å²) in [6, 6.07) is 13.0. The van der Waals surface area contributed by atoms with Gasteiger partial charge in [-0.25, -0.2) is 26.3 Å². The molecule has 0 aromatic heterocycles. The molecule has 3 fully saturated rings. The van der Waals surface area contributed by atoms with Crippen molar-refractivity contribution < 1.29 is 22.0 Å². The first-order chi connectivity index (χ1) is 18.1. The molecule has 0 radical (unpaired) electrons. The number of halogens is 2. The van der Waals surface area contributed by atoms with Crippen LogP contribution in [0.4, 0.5) is 19.3 Å². The van der Waals surface area contributed by atoms with Gasteiger partial charge in [-0.1, -0.05) is 12.1 Å². The van der Waals surface area contributed by atoms with Crippen LogP contribution in [0.1, 0.15) is 49.7 Å². The molecule has 1 N–H and O–H groups in total. The lowest BCUT2D eigenvalue weighted by Crippen LogP contribution is -2.49. The molecule has 3 aliphatic rings. The quantitative estimate of drug-likeness (QED) is 0.565. The molecule has 38 heavy (non-hydrogen) atoms. The molecule has 1 unspecified atom stereocenters. The van der Waals surface area contributed by atoms with Gasteiger partial charge >= 0.3 is 6.03 Å².